The van der Waals surface area contributed by atoms with Crippen molar-refractivity contribution in [3.05, 3.63) is 22.4 Å². The van der Waals surface area contributed by atoms with Crippen LogP contribution in [0.2, 0.25) is 0 Å². The number of thiophene rings is 1. The maximum Gasteiger partial charge on any atom is 0.244 e. The van der Waals surface area contributed by atoms with Gasteiger partial charge in [-0.05, 0) is 54.5 Å². The molecule has 1 aromatic rings. The van der Waals surface area contributed by atoms with Crippen LogP contribution in [0, 0.1) is 5.92 Å². The second kappa shape index (κ2) is 5.10. The predicted molar refractivity (Wildman–Crippen MR) is 85.0 cm³/mol. The zero-order valence-corrected chi connectivity index (χ0v) is 13.5. The van der Waals surface area contributed by atoms with E-state index < -0.39 is 0 Å². The predicted octanol–water partition coefficient (Wildman–Crippen LogP) is 3.68. The molecule has 3 aliphatic rings. The van der Waals surface area contributed by atoms with Crippen molar-refractivity contribution in [2.45, 2.75) is 69.6 Å². The normalized spacial score (nSPS) is 29.5. The van der Waals surface area contributed by atoms with Gasteiger partial charge in [0.05, 0.1) is 5.54 Å². The average molecular weight is 304 g/mol. The number of rotatable bonds is 4. The Labute approximate surface area is 130 Å². The molecule has 2 heterocycles. The molecule has 1 aliphatic heterocycles. The van der Waals surface area contributed by atoms with Gasteiger partial charge in [0.25, 0.3) is 0 Å². The van der Waals surface area contributed by atoms with E-state index >= 15 is 0 Å². The van der Waals surface area contributed by atoms with Crippen LogP contribution in [0.4, 0.5) is 0 Å². The van der Waals surface area contributed by atoms with Crippen LogP contribution >= 0.6 is 11.3 Å². The van der Waals surface area contributed by atoms with Crippen molar-refractivity contribution in [3.63, 3.8) is 0 Å². The molecule has 3 fully saturated rings. The average Bonchev–Trinajstić information content (AvgIpc) is 2.94. The zero-order chi connectivity index (χ0) is 14.4. The molecule has 1 spiro atoms. The molecule has 21 heavy (non-hydrogen) atoms. The summed E-state index contributed by atoms with van der Waals surface area (Å²) in [6.45, 7) is 2.24. The molecule has 4 heteroatoms. The van der Waals surface area contributed by atoms with Crippen molar-refractivity contribution >= 4 is 17.2 Å². The Morgan fingerprint density at radius 2 is 2.19 bits per heavy atom. The Morgan fingerprint density at radius 3 is 2.81 bits per heavy atom. The summed E-state index contributed by atoms with van der Waals surface area (Å²) in [4.78, 5) is 15.3. The molecule has 2 atom stereocenters. The highest BCUT2D eigenvalue weighted by Gasteiger charge is 2.54. The van der Waals surface area contributed by atoms with Crippen LogP contribution in [0.15, 0.2) is 16.8 Å². The molecule has 3 nitrogen and oxygen atoms in total. The van der Waals surface area contributed by atoms with Gasteiger partial charge in [-0.15, -0.1) is 0 Å². The fourth-order valence-corrected chi connectivity index (χ4v) is 4.85. The summed E-state index contributed by atoms with van der Waals surface area (Å²) < 4.78 is 0. The third-order valence-electron chi connectivity index (χ3n) is 5.50. The molecular weight excluding hydrogens is 280 g/mol. The highest BCUT2D eigenvalue weighted by atomic mass is 32.1. The van der Waals surface area contributed by atoms with Crippen molar-refractivity contribution < 1.29 is 4.79 Å². The van der Waals surface area contributed by atoms with Gasteiger partial charge >= 0.3 is 0 Å². The van der Waals surface area contributed by atoms with Crippen molar-refractivity contribution in [2.75, 3.05) is 0 Å². The lowest BCUT2D eigenvalue weighted by molar-refractivity contribution is -0.135. The summed E-state index contributed by atoms with van der Waals surface area (Å²) in [5.74, 6) is 1.22. The fourth-order valence-electron chi connectivity index (χ4n) is 4.17. The van der Waals surface area contributed by atoms with E-state index in [0.717, 1.165) is 18.8 Å². The summed E-state index contributed by atoms with van der Waals surface area (Å²) >= 11 is 1.72. The molecule has 1 saturated heterocycles. The Bertz CT molecular complexity index is 517. The molecule has 0 aromatic carbocycles. The van der Waals surface area contributed by atoms with Gasteiger partial charge in [0.15, 0.2) is 0 Å². The molecule has 4 rings (SSSR count). The Kier molecular flexibility index (Phi) is 3.34. The monoisotopic (exact) mass is 304 g/mol. The topological polar surface area (TPSA) is 32.3 Å². The highest BCUT2D eigenvalue weighted by Crippen LogP contribution is 2.44. The fraction of sp³-hybridized carbons (Fsp3) is 0.706. The van der Waals surface area contributed by atoms with Crippen LogP contribution < -0.4 is 5.32 Å². The molecule has 2 aliphatic carbocycles. The third-order valence-corrected chi connectivity index (χ3v) is 6.20. The Balaban J connectivity index is 1.63. The molecule has 0 radical (unpaired) electrons. The summed E-state index contributed by atoms with van der Waals surface area (Å²) in [5.41, 5.74) is 1.00. The summed E-state index contributed by atoms with van der Waals surface area (Å²) in [6.07, 6.45) is 8.36. The first-order valence-corrected chi connectivity index (χ1v) is 9.26. The van der Waals surface area contributed by atoms with Crippen molar-refractivity contribution in [3.8, 4) is 0 Å². The number of hydrogen-bond acceptors (Lipinski definition) is 3. The number of amides is 1. The van der Waals surface area contributed by atoms with Crippen LogP contribution in [0.1, 0.15) is 63.6 Å². The molecule has 1 amide bonds. The minimum Gasteiger partial charge on any atom is -0.319 e. The van der Waals surface area contributed by atoms with Crippen LogP contribution in [-0.4, -0.2) is 22.4 Å². The lowest BCUT2D eigenvalue weighted by Crippen LogP contribution is -2.45. The van der Waals surface area contributed by atoms with Gasteiger partial charge in [-0.25, -0.2) is 0 Å². The molecule has 0 bridgehead atoms. The maximum absolute atomic E-state index is 13.1. The Morgan fingerprint density at radius 1 is 1.43 bits per heavy atom. The largest absolute Gasteiger partial charge is 0.319 e. The Hall–Kier alpha value is -0.870. The lowest BCUT2D eigenvalue weighted by Gasteiger charge is -2.30. The van der Waals surface area contributed by atoms with E-state index in [0.29, 0.717) is 11.9 Å². The first-order chi connectivity index (χ1) is 10.2. The number of carbonyl (C=O) groups excluding carboxylic acids is 1. The van der Waals surface area contributed by atoms with Gasteiger partial charge in [0.1, 0.15) is 6.17 Å². The van der Waals surface area contributed by atoms with E-state index in [-0.39, 0.29) is 11.7 Å². The van der Waals surface area contributed by atoms with Crippen LogP contribution in [0.5, 0.6) is 0 Å². The minimum atomic E-state index is -0.260. The highest BCUT2D eigenvalue weighted by molar-refractivity contribution is 7.08. The van der Waals surface area contributed by atoms with Crippen molar-refractivity contribution in [2.24, 2.45) is 5.92 Å². The van der Waals surface area contributed by atoms with E-state index in [2.05, 4.69) is 34.0 Å². The van der Waals surface area contributed by atoms with E-state index in [1.54, 1.807) is 11.3 Å². The van der Waals surface area contributed by atoms with E-state index in [1.807, 2.05) is 0 Å². The van der Waals surface area contributed by atoms with Gasteiger partial charge in [0, 0.05) is 6.04 Å². The third kappa shape index (κ3) is 2.33. The second-order valence-electron chi connectivity index (χ2n) is 7.13. The molecule has 2 saturated carbocycles. The first-order valence-electron chi connectivity index (χ1n) is 8.32. The van der Waals surface area contributed by atoms with Gasteiger partial charge < -0.3 is 4.90 Å². The number of nitrogens with zero attached hydrogens (tertiary/aromatic N) is 1. The van der Waals surface area contributed by atoms with Crippen LogP contribution in [0.25, 0.3) is 0 Å². The van der Waals surface area contributed by atoms with Crippen LogP contribution in [0.3, 0.4) is 0 Å². The minimum absolute atomic E-state index is 0.0931. The SMILES string of the molecule is CC(CC1CC1)N1C(=O)C2(CCCC2)NC1c1ccsc1. The number of carbonyl (C=O) groups is 1. The van der Waals surface area contributed by atoms with E-state index in [4.69, 9.17) is 0 Å². The van der Waals surface area contributed by atoms with Gasteiger partial charge in [-0.2, -0.15) is 11.3 Å². The number of hydrogen-bond donors (Lipinski definition) is 1. The van der Waals surface area contributed by atoms with E-state index in [9.17, 15) is 4.79 Å². The van der Waals surface area contributed by atoms with Crippen molar-refractivity contribution in [1.29, 1.82) is 0 Å². The maximum atomic E-state index is 13.1. The summed E-state index contributed by atoms with van der Waals surface area (Å²) in [7, 11) is 0. The summed E-state index contributed by atoms with van der Waals surface area (Å²) in [6, 6.07) is 2.52. The molecular formula is C17H24N2OS. The van der Waals surface area contributed by atoms with Crippen molar-refractivity contribution in [1.82, 2.24) is 10.2 Å². The smallest absolute Gasteiger partial charge is 0.244 e. The van der Waals surface area contributed by atoms with Gasteiger partial charge in [-0.1, -0.05) is 25.7 Å². The lowest BCUT2D eigenvalue weighted by atomic mass is 9.97. The number of nitrogens with one attached hydrogen (secondary N) is 1. The van der Waals surface area contributed by atoms with E-state index in [1.165, 1.54) is 37.7 Å². The standard InChI is InChI=1S/C17H24N2OS/c1-12(10-13-4-5-13)19-15(14-6-9-21-11-14)18-17(16(19)20)7-2-3-8-17/h6,9,11-13,15,18H,2-5,7-8,10H2,1H3. The van der Waals surface area contributed by atoms with Gasteiger partial charge in [-0.3, -0.25) is 10.1 Å². The molecule has 114 valence electrons. The second-order valence-corrected chi connectivity index (χ2v) is 7.91. The quantitative estimate of drug-likeness (QED) is 0.920. The van der Waals surface area contributed by atoms with Gasteiger partial charge in [0.2, 0.25) is 5.91 Å². The first kappa shape index (κ1) is 13.8. The summed E-state index contributed by atoms with van der Waals surface area (Å²) in [5, 5.41) is 8.03. The molecule has 1 N–H and O–H groups in total. The zero-order valence-electron chi connectivity index (χ0n) is 12.7. The molecule has 1 aromatic heterocycles. The van der Waals surface area contributed by atoms with Crippen LogP contribution in [-0.2, 0) is 4.79 Å². The molecule has 2 unspecified atom stereocenters.